The molecule has 10 heteroatoms. The number of likely N-dealkylation sites (tertiary alicyclic amines) is 1. The third kappa shape index (κ3) is 3.28. The highest BCUT2D eigenvalue weighted by molar-refractivity contribution is 7.92. The van der Waals surface area contributed by atoms with Gasteiger partial charge in [0, 0.05) is 11.6 Å². The van der Waals surface area contributed by atoms with Crippen LogP contribution < -0.4 is 4.74 Å². The van der Waals surface area contributed by atoms with E-state index in [1.165, 1.54) is 40.5 Å². The van der Waals surface area contributed by atoms with Gasteiger partial charge in [0.05, 0.1) is 21.4 Å². The Bertz CT molecular complexity index is 1330. The zero-order chi connectivity index (χ0) is 23.4. The summed E-state index contributed by atoms with van der Waals surface area (Å²) in [5, 5.41) is 2.09. The molecule has 0 unspecified atom stereocenters. The van der Waals surface area contributed by atoms with Gasteiger partial charge >= 0.3 is 0 Å². The van der Waals surface area contributed by atoms with E-state index < -0.39 is 38.0 Å². The van der Waals surface area contributed by atoms with E-state index >= 15 is 4.39 Å². The first-order valence-corrected chi connectivity index (χ1v) is 13.0. The van der Waals surface area contributed by atoms with E-state index in [0.29, 0.717) is 9.90 Å². The van der Waals surface area contributed by atoms with E-state index in [-0.39, 0.29) is 42.4 Å². The lowest BCUT2D eigenvalue weighted by atomic mass is 9.80. The first kappa shape index (κ1) is 22.3. The number of nitrogens with zero attached hydrogens (tertiary/aromatic N) is 1. The maximum atomic E-state index is 15.3. The van der Waals surface area contributed by atoms with Crippen molar-refractivity contribution in [1.29, 1.82) is 0 Å². The molecule has 33 heavy (non-hydrogen) atoms. The number of amides is 1. The Balaban J connectivity index is 1.77. The van der Waals surface area contributed by atoms with Crippen LogP contribution in [0.25, 0.3) is 0 Å². The third-order valence-corrected chi connectivity index (χ3v) is 9.97. The summed E-state index contributed by atoms with van der Waals surface area (Å²) >= 11 is 7.19. The fourth-order valence-electron chi connectivity index (χ4n) is 4.89. The van der Waals surface area contributed by atoms with Gasteiger partial charge in [0.25, 0.3) is 5.91 Å². The quantitative estimate of drug-likeness (QED) is 0.496. The lowest BCUT2D eigenvalue weighted by Gasteiger charge is -2.51. The molecule has 172 valence electrons. The SMILES string of the molecule is O=C(c1cccs1)N1CCC[C@]2(S(=O)(=O)c3ccc(Cl)cc3)c3c(F)ccc(F)c3OC[C@H]12. The lowest BCUT2D eigenvalue weighted by molar-refractivity contribution is 0.0323. The second-order valence-corrected chi connectivity index (χ2v) is 11.6. The summed E-state index contributed by atoms with van der Waals surface area (Å²) in [6.45, 7) is -0.00771. The number of hydrogen-bond acceptors (Lipinski definition) is 5. The van der Waals surface area contributed by atoms with Crippen molar-refractivity contribution < 1.29 is 26.7 Å². The van der Waals surface area contributed by atoms with Crippen LogP contribution in [0.4, 0.5) is 8.78 Å². The number of carbonyl (C=O) groups is 1. The number of thiophene rings is 1. The molecule has 1 amide bonds. The number of fused-ring (bicyclic) bond motifs is 3. The Morgan fingerprint density at radius 3 is 2.55 bits per heavy atom. The van der Waals surface area contributed by atoms with Crippen molar-refractivity contribution in [2.45, 2.75) is 28.5 Å². The van der Waals surface area contributed by atoms with Crippen molar-refractivity contribution in [2.75, 3.05) is 13.2 Å². The van der Waals surface area contributed by atoms with Crippen molar-refractivity contribution in [2.24, 2.45) is 0 Å². The van der Waals surface area contributed by atoms with Crippen LogP contribution >= 0.6 is 22.9 Å². The highest BCUT2D eigenvalue weighted by Crippen LogP contribution is 2.53. The normalized spacial score (nSPS) is 22.3. The van der Waals surface area contributed by atoms with Gasteiger partial charge in [-0.25, -0.2) is 17.2 Å². The average Bonchev–Trinajstić information content (AvgIpc) is 3.35. The monoisotopic (exact) mass is 509 g/mol. The van der Waals surface area contributed by atoms with Gasteiger partial charge in [-0.05, 0) is 60.7 Å². The number of halogens is 3. The second kappa shape index (κ2) is 8.07. The maximum absolute atomic E-state index is 15.3. The Kier molecular flexibility index (Phi) is 5.46. The molecule has 0 N–H and O–H groups in total. The minimum absolute atomic E-state index is 0.00752. The van der Waals surface area contributed by atoms with Gasteiger partial charge < -0.3 is 9.64 Å². The zero-order valence-electron chi connectivity index (χ0n) is 17.1. The Hall–Kier alpha value is -2.49. The highest BCUT2D eigenvalue weighted by atomic mass is 35.5. The largest absolute Gasteiger partial charge is 0.488 e. The molecular formula is C23H18ClF2NO4S2. The van der Waals surface area contributed by atoms with Crippen LogP contribution in [0, 0.1) is 11.6 Å². The molecule has 0 radical (unpaired) electrons. The molecule has 5 rings (SSSR count). The Morgan fingerprint density at radius 1 is 1.12 bits per heavy atom. The standard InChI is InChI=1S/C23H18ClF2NO4S2/c24-14-4-6-15(7-5-14)33(29,30)23-10-2-11-27(22(28)18-3-1-12-32-18)19(23)13-31-21-17(26)9-8-16(25)20(21)23/h1,3-9,12,19H,2,10-11,13H2/t19-,23+/m0/s1. The van der Waals surface area contributed by atoms with Gasteiger partial charge in [-0.2, -0.15) is 0 Å². The highest BCUT2D eigenvalue weighted by Gasteiger charge is 2.61. The van der Waals surface area contributed by atoms with Crippen molar-refractivity contribution in [3.8, 4) is 5.75 Å². The molecule has 0 spiro atoms. The second-order valence-electron chi connectivity index (χ2n) is 7.99. The summed E-state index contributed by atoms with van der Waals surface area (Å²) in [6.07, 6.45) is 0.295. The Labute approximate surface area is 198 Å². The summed E-state index contributed by atoms with van der Waals surface area (Å²) in [6, 6.07) is 9.68. The number of sulfone groups is 1. The third-order valence-electron chi connectivity index (χ3n) is 6.33. The predicted octanol–water partition coefficient (Wildman–Crippen LogP) is 5.05. The molecule has 2 aliphatic rings. The first-order valence-electron chi connectivity index (χ1n) is 10.2. The van der Waals surface area contributed by atoms with E-state index in [1.807, 2.05) is 0 Å². The van der Waals surface area contributed by atoms with Crippen molar-refractivity contribution in [3.05, 3.63) is 81.0 Å². The summed E-state index contributed by atoms with van der Waals surface area (Å²) < 4.78 is 62.2. The number of carbonyl (C=O) groups excluding carboxylic acids is 1. The van der Waals surface area contributed by atoms with Gasteiger partial charge in [0.15, 0.2) is 21.4 Å². The first-order chi connectivity index (χ1) is 15.8. The number of ether oxygens (including phenoxy) is 1. The van der Waals surface area contributed by atoms with Crippen LogP contribution in [0.2, 0.25) is 5.02 Å². The summed E-state index contributed by atoms with van der Waals surface area (Å²) in [4.78, 5) is 15.1. The van der Waals surface area contributed by atoms with E-state index in [0.717, 1.165) is 12.1 Å². The van der Waals surface area contributed by atoms with Crippen LogP contribution in [-0.2, 0) is 14.6 Å². The fraction of sp³-hybridized carbons (Fsp3) is 0.261. The van der Waals surface area contributed by atoms with Crippen LogP contribution in [0.5, 0.6) is 5.75 Å². The number of benzene rings is 2. The minimum Gasteiger partial charge on any atom is -0.488 e. The smallest absolute Gasteiger partial charge is 0.264 e. The molecule has 3 heterocycles. The number of rotatable bonds is 3. The van der Waals surface area contributed by atoms with E-state index in [4.69, 9.17) is 16.3 Å². The van der Waals surface area contributed by atoms with Crippen LogP contribution in [0.15, 0.2) is 58.8 Å². The van der Waals surface area contributed by atoms with Gasteiger partial charge in [-0.1, -0.05) is 17.7 Å². The van der Waals surface area contributed by atoms with Gasteiger partial charge in [0.2, 0.25) is 0 Å². The molecule has 5 nitrogen and oxygen atoms in total. The molecule has 2 aromatic carbocycles. The molecule has 0 aliphatic carbocycles. The van der Waals surface area contributed by atoms with Crippen molar-refractivity contribution >= 4 is 38.7 Å². The number of piperidine rings is 1. The molecule has 0 bridgehead atoms. The molecular weight excluding hydrogens is 492 g/mol. The van der Waals surface area contributed by atoms with E-state index in [1.54, 1.807) is 17.5 Å². The van der Waals surface area contributed by atoms with Crippen molar-refractivity contribution in [3.63, 3.8) is 0 Å². The van der Waals surface area contributed by atoms with Crippen molar-refractivity contribution in [1.82, 2.24) is 4.90 Å². The lowest BCUT2D eigenvalue weighted by Crippen LogP contribution is -2.64. The molecule has 3 aromatic rings. The van der Waals surface area contributed by atoms with Gasteiger partial charge in [-0.15, -0.1) is 11.3 Å². The maximum Gasteiger partial charge on any atom is 0.264 e. The van der Waals surface area contributed by atoms with E-state index in [2.05, 4.69) is 0 Å². The molecule has 1 aromatic heterocycles. The predicted molar refractivity (Wildman–Crippen MR) is 121 cm³/mol. The molecule has 1 saturated heterocycles. The van der Waals surface area contributed by atoms with Crippen LogP contribution in [0.3, 0.4) is 0 Å². The molecule has 2 aliphatic heterocycles. The van der Waals surface area contributed by atoms with E-state index in [9.17, 15) is 17.6 Å². The molecule has 2 atom stereocenters. The molecule has 1 fully saturated rings. The van der Waals surface area contributed by atoms with Crippen LogP contribution in [-0.4, -0.2) is 38.4 Å². The topological polar surface area (TPSA) is 63.7 Å². The minimum atomic E-state index is -4.32. The summed E-state index contributed by atoms with van der Waals surface area (Å²) in [5.41, 5.74) is -0.364. The Morgan fingerprint density at radius 2 is 1.85 bits per heavy atom. The fourth-order valence-corrected chi connectivity index (χ4v) is 8.04. The molecule has 0 saturated carbocycles. The number of hydrogen-bond donors (Lipinski definition) is 0. The average molecular weight is 510 g/mol. The van der Waals surface area contributed by atoms with Crippen LogP contribution in [0.1, 0.15) is 28.1 Å². The summed E-state index contributed by atoms with van der Waals surface area (Å²) in [5.74, 6) is -2.53. The summed E-state index contributed by atoms with van der Waals surface area (Å²) in [7, 11) is -4.32. The zero-order valence-corrected chi connectivity index (χ0v) is 19.5. The van der Waals surface area contributed by atoms with Gasteiger partial charge in [-0.3, -0.25) is 4.79 Å². The van der Waals surface area contributed by atoms with Gasteiger partial charge in [0.1, 0.15) is 17.2 Å².